The average molecular weight is 299 g/mol. The Morgan fingerprint density at radius 2 is 1.91 bits per heavy atom. The van der Waals surface area contributed by atoms with Gasteiger partial charge in [0.1, 0.15) is 5.75 Å². The number of oxime groups is 1. The lowest BCUT2D eigenvalue weighted by Crippen LogP contribution is -2.20. The fourth-order valence-corrected chi connectivity index (χ4v) is 1.91. The van der Waals surface area contributed by atoms with E-state index in [4.69, 9.17) is 9.94 Å². The van der Waals surface area contributed by atoms with E-state index in [1.54, 1.807) is 56.5 Å². The van der Waals surface area contributed by atoms with Gasteiger partial charge in [0.15, 0.2) is 0 Å². The van der Waals surface area contributed by atoms with E-state index in [1.807, 2.05) is 6.07 Å². The molecule has 2 aromatic rings. The van der Waals surface area contributed by atoms with Gasteiger partial charge in [-0.3, -0.25) is 0 Å². The number of carbonyl (C=O) groups excluding carboxylic acids is 1. The SMILES string of the molecule is COc1ccccc1NC(=O)Nc1cccc(/C(C)=N/O)c1. The Bertz CT molecular complexity index is 699. The van der Waals surface area contributed by atoms with E-state index >= 15 is 0 Å². The number of methoxy groups -OCH3 is 1. The predicted octanol–water partition coefficient (Wildman–Crippen LogP) is 3.54. The van der Waals surface area contributed by atoms with Gasteiger partial charge in [-0.25, -0.2) is 4.79 Å². The molecule has 22 heavy (non-hydrogen) atoms. The highest BCUT2D eigenvalue weighted by Gasteiger charge is 2.07. The molecule has 3 N–H and O–H groups in total. The average Bonchev–Trinajstić information content (AvgIpc) is 2.54. The second-order valence-corrected chi connectivity index (χ2v) is 4.55. The molecule has 0 saturated carbocycles. The Kier molecular flexibility index (Phi) is 4.98. The van der Waals surface area contributed by atoms with E-state index in [2.05, 4.69) is 15.8 Å². The summed E-state index contributed by atoms with van der Waals surface area (Å²) in [5.74, 6) is 0.578. The zero-order valence-electron chi connectivity index (χ0n) is 12.3. The molecule has 0 atom stereocenters. The number of nitrogens with zero attached hydrogens (tertiary/aromatic N) is 1. The van der Waals surface area contributed by atoms with Gasteiger partial charge in [-0.15, -0.1) is 0 Å². The molecule has 114 valence electrons. The van der Waals surface area contributed by atoms with Gasteiger partial charge in [0.05, 0.1) is 18.5 Å². The first-order valence-electron chi connectivity index (χ1n) is 6.64. The minimum atomic E-state index is -0.389. The molecule has 0 aliphatic rings. The number of para-hydroxylation sites is 2. The normalized spacial score (nSPS) is 10.9. The number of carbonyl (C=O) groups is 1. The number of hydrogen-bond donors (Lipinski definition) is 3. The van der Waals surface area contributed by atoms with Crippen molar-refractivity contribution in [3.8, 4) is 5.75 Å². The van der Waals surface area contributed by atoms with Crippen LogP contribution in [0.5, 0.6) is 5.75 Å². The summed E-state index contributed by atoms with van der Waals surface area (Å²) >= 11 is 0. The molecule has 0 saturated heterocycles. The Morgan fingerprint density at radius 3 is 2.64 bits per heavy atom. The van der Waals surface area contributed by atoms with Crippen LogP contribution in [-0.2, 0) is 0 Å². The molecular weight excluding hydrogens is 282 g/mol. The van der Waals surface area contributed by atoms with Crippen molar-refractivity contribution in [1.29, 1.82) is 0 Å². The van der Waals surface area contributed by atoms with Crippen molar-refractivity contribution in [2.24, 2.45) is 5.16 Å². The van der Waals surface area contributed by atoms with Gasteiger partial charge in [0.2, 0.25) is 0 Å². The topological polar surface area (TPSA) is 83.0 Å². The van der Waals surface area contributed by atoms with E-state index in [0.717, 1.165) is 5.56 Å². The molecule has 6 nitrogen and oxygen atoms in total. The van der Waals surface area contributed by atoms with Crippen molar-refractivity contribution in [2.75, 3.05) is 17.7 Å². The fourth-order valence-electron chi connectivity index (χ4n) is 1.91. The van der Waals surface area contributed by atoms with E-state index in [-0.39, 0.29) is 6.03 Å². The molecule has 6 heteroatoms. The van der Waals surface area contributed by atoms with Crippen LogP contribution in [0.15, 0.2) is 53.7 Å². The van der Waals surface area contributed by atoms with Crippen molar-refractivity contribution < 1.29 is 14.7 Å². The van der Waals surface area contributed by atoms with E-state index < -0.39 is 0 Å². The Hall–Kier alpha value is -3.02. The number of benzene rings is 2. The molecule has 2 rings (SSSR count). The second kappa shape index (κ2) is 7.12. The Labute approximate surface area is 128 Å². The standard InChI is InChI=1S/C16H17N3O3/c1-11(19-21)12-6-5-7-13(10-12)17-16(20)18-14-8-3-4-9-15(14)22-2/h3-10,21H,1-2H3,(H2,17,18,20)/b19-11+. The molecule has 0 spiro atoms. The minimum Gasteiger partial charge on any atom is -0.495 e. The third kappa shape index (κ3) is 3.76. The first-order valence-corrected chi connectivity index (χ1v) is 6.64. The quantitative estimate of drug-likeness (QED) is 0.459. The number of anilines is 2. The van der Waals surface area contributed by atoms with Crippen LogP contribution in [0.2, 0.25) is 0 Å². The Morgan fingerprint density at radius 1 is 1.14 bits per heavy atom. The van der Waals surface area contributed by atoms with E-state index in [0.29, 0.717) is 22.8 Å². The van der Waals surface area contributed by atoms with Gasteiger partial charge >= 0.3 is 6.03 Å². The molecule has 2 aromatic carbocycles. The van der Waals surface area contributed by atoms with Crippen LogP contribution >= 0.6 is 0 Å². The molecular formula is C16H17N3O3. The van der Waals surface area contributed by atoms with Crippen LogP contribution in [0.1, 0.15) is 12.5 Å². The lowest BCUT2D eigenvalue weighted by molar-refractivity contribution is 0.262. The second-order valence-electron chi connectivity index (χ2n) is 4.55. The van der Waals surface area contributed by atoms with Crippen LogP contribution in [0.3, 0.4) is 0 Å². The van der Waals surface area contributed by atoms with Gasteiger partial charge < -0.3 is 20.6 Å². The lowest BCUT2D eigenvalue weighted by atomic mass is 10.1. The van der Waals surface area contributed by atoms with Crippen LogP contribution in [-0.4, -0.2) is 24.1 Å². The molecule has 0 aliphatic carbocycles. The maximum atomic E-state index is 12.0. The maximum absolute atomic E-state index is 12.0. The number of hydrogen-bond acceptors (Lipinski definition) is 4. The van der Waals surface area contributed by atoms with Gasteiger partial charge in [0.25, 0.3) is 0 Å². The zero-order valence-corrected chi connectivity index (χ0v) is 12.3. The third-order valence-corrected chi connectivity index (χ3v) is 3.04. The summed E-state index contributed by atoms with van der Waals surface area (Å²) in [6, 6.07) is 13.8. The molecule has 0 radical (unpaired) electrons. The van der Waals surface area contributed by atoms with Crippen molar-refractivity contribution in [3.63, 3.8) is 0 Å². The summed E-state index contributed by atoms with van der Waals surface area (Å²) in [6.07, 6.45) is 0. The van der Waals surface area contributed by atoms with E-state index in [9.17, 15) is 4.79 Å². The fraction of sp³-hybridized carbons (Fsp3) is 0.125. The number of rotatable bonds is 4. The van der Waals surface area contributed by atoms with Gasteiger partial charge in [-0.2, -0.15) is 0 Å². The largest absolute Gasteiger partial charge is 0.495 e. The molecule has 0 bridgehead atoms. The van der Waals surface area contributed by atoms with Crippen molar-refractivity contribution in [3.05, 3.63) is 54.1 Å². The highest BCUT2D eigenvalue weighted by atomic mass is 16.5. The number of urea groups is 1. The first kappa shape index (κ1) is 15.4. The number of amides is 2. The first-order chi connectivity index (χ1) is 10.6. The highest BCUT2D eigenvalue weighted by Crippen LogP contribution is 2.23. The molecule has 0 aromatic heterocycles. The minimum absolute atomic E-state index is 0.389. The third-order valence-electron chi connectivity index (χ3n) is 3.04. The smallest absolute Gasteiger partial charge is 0.323 e. The highest BCUT2D eigenvalue weighted by molar-refractivity contribution is 6.03. The monoisotopic (exact) mass is 299 g/mol. The molecule has 0 unspecified atom stereocenters. The Balaban J connectivity index is 2.09. The summed E-state index contributed by atoms with van der Waals surface area (Å²) in [7, 11) is 1.54. The van der Waals surface area contributed by atoms with Crippen LogP contribution in [0, 0.1) is 0 Å². The molecule has 0 fully saturated rings. The van der Waals surface area contributed by atoms with Crippen molar-refractivity contribution in [2.45, 2.75) is 6.92 Å². The van der Waals surface area contributed by atoms with Gasteiger partial charge in [-0.1, -0.05) is 29.4 Å². The van der Waals surface area contributed by atoms with Crippen LogP contribution < -0.4 is 15.4 Å². The maximum Gasteiger partial charge on any atom is 0.323 e. The summed E-state index contributed by atoms with van der Waals surface area (Å²) in [6.45, 7) is 1.67. The summed E-state index contributed by atoms with van der Waals surface area (Å²) in [5, 5.41) is 17.4. The lowest BCUT2D eigenvalue weighted by Gasteiger charge is -2.11. The van der Waals surface area contributed by atoms with Crippen LogP contribution in [0.25, 0.3) is 0 Å². The summed E-state index contributed by atoms with van der Waals surface area (Å²) in [4.78, 5) is 12.0. The molecule has 2 amide bonds. The van der Waals surface area contributed by atoms with Crippen LogP contribution in [0.4, 0.5) is 16.2 Å². The van der Waals surface area contributed by atoms with Crippen molar-refractivity contribution in [1.82, 2.24) is 0 Å². The van der Waals surface area contributed by atoms with Crippen molar-refractivity contribution >= 4 is 23.1 Å². The predicted molar refractivity (Wildman–Crippen MR) is 86.1 cm³/mol. The number of ether oxygens (including phenoxy) is 1. The molecule has 0 aliphatic heterocycles. The van der Waals surface area contributed by atoms with Gasteiger partial charge in [0, 0.05) is 11.3 Å². The molecule has 0 heterocycles. The number of nitrogens with one attached hydrogen (secondary N) is 2. The van der Waals surface area contributed by atoms with E-state index in [1.165, 1.54) is 0 Å². The zero-order chi connectivity index (χ0) is 15.9. The van der Waals surface area contributed by atoms with Gasteiger partial charge in [-0.05, 0) is 31.2 Å². The summed E-state index contributed by atoms with van der Waals surface area (Å²) < 4.78 is 5.18. The summed E-state index contributed by atoms with van der Waals surface area (Å²) in [5.41, 5.74) is 2.35.